The Hall–Kier alpha value is -1.77. The molecule has 2 N–H and O–H groups in total. The van der Waals surface area contributed by atoms with Crippen molar-refractivity contribution in [2.24, 2.45) is 0 Å². The van der Waals surface area contributed by atoms with E-state index in [1.165, 1.54) is 24.9 Å². The van der Waals surface area contributed by atoms with Gasteiger partial charge in [-0.15, -0.1) is 0 Å². The molecule has 3 nitrogen and oxygen atoms in total. The molecule has 1 aromatic carbocycles. The van der Waals surface area contributed by atoms with E-state index in [9.17, 15) is 0 Å². The lowest BCUT2D eigenvalue weighted by molar-refractivity contribution is 0.579. The van der Waals surface area contributed by atoms with Gasteiger partial charge in [0.1, 0.15) is 0 Å². The number of aromatic nitrogens is 1. The summed E-state index contributed by atoms with van der Waals surface area (Å²) in [5, 5.41) is 1.13. The molecule has 2 aromatic rings. The molecular formula is C14H17N3. The first-order chi connectivity index (χ1) is 8.34. The molecule has 0 atom stereocenters. The number of anilines is 2. The second-order valence-electron chi connectivity index (χ2n) is 4.67. The summed E-state index contributed by atoms with van der Waals surface area (Å²) in [5.74, 6) is 0. The minimum Gasteiger partial charge on any atom is -0.397 e. The van der Waals surface area contributed by atoms with E-state index in [1.807, 2.05) is 6.07 Å². The van der Waals surface area contributed by atoms with Gasteiger partial charge in [-0.05, 0) is 31.4 Å². The van der Waals surface area contributed by atoms with Crippen molar-refractivity contribution in [2.45, 2.75) is 19.3 Å². The van der Waals surface area contributed by atoms with Crippen LogP contribution >= 0.6 is 0 Å². The van der Waals surface area contributed by atoms with Crippen LogP contribution in [0.15, 0.2) is 30.5 Å². The van der Waals surface area contributed by atoms with Crippen molar-refractivity contribution in [2.75, 3.05) is 23.7 Å². The van der Waals surface area contributed by atoms with Crippen LogP contribution < -0.4 is 10.6 Å². The number of nitrogen functional groups attached to an aromatic ring is 1. The lowest BCUT2D eigenvalue weighted by atomic mass is 10.1. The van der Waals surface area contributed by atoms with Crippen LogP contribution in [0.4, 0.5) is 11.4 Å². The maximum absolute atomic E-state index is 5.78. The molecule has 0 saturated carbocycles. The van der Waals surface area contributed by atoms with Crippen molar-refractivity contribution >= 4 is 22.3 Å². The van der Waals surface area contributed by atoms with Gasteiger partial charge in [0.2, 0.25) is 0 Å². The molecule has 1 aromatic heterocycles. The molecule has 0 amide bonds. The highest BCUT2D eigenvalue weighted by Gasteiger charge is 2.13. The van der Waals surface area contributed by atoms with Gasteiger partial charge in [-0.2, -0.15) is 0 Å². The quantitative estimate of drug-likeness (QED) is 0.814. The first kappa shape index (κ1) is 10.4. The van der Waals surface area contributed by atoms with Crippen LogP contribution in [0.25, 0.3) is 10.9 Å². The Labute approximate surface area is 101 Å². The fourth-order valence-electron chi connectivity index (χ4n) is 2.55. The molecule has 88 valence electrons. The van der Waals surface area contributed by atoms with E-state index in [-0.39, 0.29) is 0 Å². The molecule has 0 bridgehead atoms. The SMILES string of the molecule is Nc1cnc2c(N3CCCCC3)cccc2c1. The van der Waals surface area contributed by atoms with Crippen LogP contribution in [-0.4, -0.2) is 18.1 Å². The zero-order valence-electron chi connectivity index (χ0n) is 9.89. The molecule has 1 fully saturated rings. The number of benzene rings is 1. The average Bonchev–Trinajstić information content (AvgIpc) is 2.39. The summed E-state index contributed by atoms with van der Waals surface area (Å²) in [4.78, 5) is 6.93. The van der Waals surface area contributed by atoms with E-state index < -0.39 is 0 Å². The summed E-state index contributed by atoms with van der Waals surface area (Å²) in [6.07, 6.45) is 5.66. The second kappa shape index (κ2) is 4.24. The third-order valence-corrected chi connectivity index (χ3v) is 3.41. The summed E-state index contributed by atoms with van der Waals surface area (Å²) in [6, 6.07) is 8.33. The number of para-hydroxylation sites is 1. The summed E-state index contributed by atoms with van der Waals surface area (Å²) >= 11 is 0. The third-order valence-electron chi connectivity index (χ3n) is 3.41. The van der Waals surface area contributed by atoms with Gasteiger partial charge in [-0.25, -0.2) is 0 Å². The molecule has 0 radical (unpaired) electrons. The van der Waals surface area contributed by atoms with E-state index in [2.05, 4.69) is 28.1 Å². The Morgan fingerprint density at radius 1 is 1.12 bits per heavy atom. The summed E-state index contributed by atoms with van der Waals surface area (Å²) < 4.78 is 0. The van der Waals surface area contributed by atoms with E-state index in [0.717, 1.165) is 29.7 Å². The molecule has 0 spiro atoms. The van der Waals surface area contributed by atoms with Gasteiger partial charge in [0, 0.05) is 18.5 Å². The third kappa shape index (κ3) is 1.93. The van der Waals surface area contributed by atoms with Crippen molar-refractivity contribution in [1.29, 1.82) is 0 Å². The van der Waals surface area contributed by atoms with Gasteiger partial charge in [0.25, 0.3) is 0 Å². The molecule has 1 aliphatic rings. The maximum Gasteiger partial charge on any atom is 0.0936 e. The van der Waals surface area contributed by atoms with Gasteiger partial charge in [-0.3, -0.25) is 4.98 Å². The Bertz CT molecular complexity index is 530. The zero-order valence-corrected chi connectivity index (χ0v) is 9.89. The lowest BCUT2D eigenvalue weighted by Crippen LogP contribution is -2.29. The van der Waals surface area contributed by atoms with Crippen LogP contribution in [0.5, 0.6) is 0 Å². The van der Waals surface area contributed by atoms with Crippen LogP contribution in [0.1, 0.15) is 19.3 Å². The van der Waals surface area contributed by atoms with Crippen molar-refractivity contribution in [3.63, 3.8) is 0 Å². The van der Waals surface area contributed by atoms with E-state index in [0.29, 0.717) is 0 Å². The van der Waals surface area contributed by atoms with Crippen molar-refractivity contribution in [1.82, 2.24) is 4.98 Å². The number of nitrogens with zero attached hydrogens (tertiary/aromatic N) is 2. The maximum atomic E-state index is 5.78. The summed E-state index contributed by atoms with van der Waals surface area (Å²) in [7, 11) is 0. The lowest BCUT2D eigenvalue weighted by Gasteiger charge is -2.29. The molecule has 1 saturated heterocycles. The zero-order chi connectivity index (χ0) is 11.7. The Morgan fingerprint density at radius 2 is 1.94 bits per heavy atom. The number of rotatable bonds is 1. The first-order valence-corrected chi connectivity index (χ1v) is 6.24. The minimum atomic E-state index is 0.730. The Morgan fingerprint density at radius 3 is 2.76 bits per heavy atom. The normalized spacial score (nSPS) is 16.4. The van der Waals surface area contributed by atoms with Gasteiger partial charge < -0.3 is 10.6 Å². The molecular weight excluding hydrogens is 210 g/mol. The first-order valence-electron chi connectivity index (χ1n) is 6.24. The number of hydrogen-bond acceptors (Lipinski definition) is 3. The number of pyridine rings is 1. The van der Waals surface area contributed by atoms with Crippen LogP contribution in [0, 0.1) is 0 Å². The number of fused-ring (bicyclic) bond motifs is 1. The van der Waals surface area contributed by atoms with Crippen LogP contribution in [0.2, 0.25) is 0 Å². The van der Waals surface area contributed by atoms with Crippen molar-refractivity contribution in [3.8, 4) is 0 Å². The highest BCUT2D eigenvalue weighted by molar-refractivity contribution is 5.92. The summed E-state index contributed by atoms with van der Waals surface area (Å²) in [6.45, 7) is 2.29. The Kier molecular flexibility index (Phi) is 2.59. The standard InChI is InChI=1S/C14H17N3/c15-12-9-11-5-4-6-13(14(11)16-10-12)17-7-2-1-3-8-17/h4-6,9-10H,1-3,7-8,15H2. The molecule has 0 unspecified atom stereocenters. The predicted octanol–water partition coefficient (Wildman–Crippen LogP) is 2.81. The van der Waals surface area contributed by atoms with Crippen molar-refractivity contribution < 1.29 is 0 Å². The highest BCUT2D eigenvalue weighted by atomic mass is 15.1. The summed E-state index contributed by atoms with van der Waals surface area (Å²) in [5.41, 5.74) is 8.83. The van der Waals surface area contributed by atoms with Crippen LogP contribution in [-0.2, 0) is 0 Å². The number of nitrogens with two attached hydrogens (primary N) is 1. The molecule has 1 aliphatic heterocycles. The van der Waals surface area contributed by atoms with E-state index >= 15 is 0 Å². The minimum absolute atomic E-state index is 0.730. The molecule has 17 heavy (non-hydrogen) atoms. The molecule has 3 rings (SSSR count). The smallest absolute Gasteiger partial charge is 0.0936 e. The van der Waals surface area contributed by atoms with Gasteiger partial charge in [-0.1, -0.05) is 12.1 Å². The number of piperidine rings is 1. The highest BCUT2D eigenvalue weighted by Crippen LogP contribution is 2.28. The fourth-order valence-corrected chi connectivity index (χ4v) is 2.55. The van der Waals surface area contributed by atoms with Gasteiger partial charge >= 0.3 is 0 Å². The molecule has 2 heterocycles. The second-order valence-corrected chi connectivity index (χ2v) is 4.67. The largest absolute Gasteiger partial charge is 0.397 e. The van der Waals surface area contributed by atoms with Crippen LogP contribution in [0.3, 0.4) is 0 Å². The Balaban J connectivity index is 2.09. The predicted molar refractivity (Wildman–Crippen MR) is 72.2 cm³/mol. The number of hydrogen-bond donors (Lipinski definition) is 1. The molecule has 0 aliphatic carbocycles. The van der Waals surface area contributed by atoms with Crippen molar-refractivity contribution in [3.05, 3.63) is 30.5 Å². The van der Waals surface area contributed by atoms with E-state index in [4.69, 9.17) is 5.73 Å². The average molecular weight is 227 g/mol. The van der Waals surface area contributed by atoms with Gasteiger partial charge in [0.15, 0.2) is 0 Å². The monoisotopic (exact) mass is 227 g/mol. The van der Waals surface area contributed by atoms with E-state index in [1.54, 1.807) is 6.20 Å². The fraction of sp³-hybridized carbons (Fsp3) is 0.357. The van der Waals surface area contributed by atoms with Gasteiger partial charge in [0.05, 0.1) is 23.1 Å². The topological polar surface area (TPSA) is 42.1 Å². The molecule has 3 heteroatoms.